The van der Waals surface area contributed by atoms with Crippen LogP contribution in [0.4, 0.5) is 0 Å². The molecular weight excluding hydrogens is 164 g/mol. The molecule has 2 fully saturated rings. The predicted molar refractivity (Wildman–Crippen MR) is 51.1 cm³/mol. The van der Waals surface area contributed by atoms with Crippen LogP contribution in [0, 0.1) is 11.8 Å². The maximum absolute atomic E-state index is 11.2. The number of nitrogens with two attached hydrogens (primary N) is 1. The predicted octanol–water partition coefficient (Wildman–Crippen LogP) is 0.592. The van der Waals surface area contributed by atoms with E-state index in [0.29, 0.717) is 12.0 Å². The van der Waals surface area contributed by atoms with E-state index in [-0.39, 0.29) is 5.91 Å². The molecule has 1 aliphatic heterocycles. The van der Waals surface area contributed by atoms with Crippen LogP contribution in [0.3, 0.4) is 0 Å². The van der Waals surface area contributed by atoms with Crippen molar-refractivity contribution in [1.82, 2.24) is 4.90 Å². The smallest absolute Gasteiger partial charge is 0.219 e. The van der Waals surface area contributed by atoms with Crippen LogP contribution >= 0.6 is 0 Å². The van der Waals surface area contributed by atoms with E-state index in [4.69, 9.17) is 5.73 Å². The second kappa shape index (κ2) is 3.29. The van der Waals surface area contributed by atoms with Crippen LogP contribution in [-0.2, 0) is 4.79 Å². The van der Waals surface area contributed by atoms with Gasteiger partial charge >= 0.3 is 0 Å². The summed E-state index contributed by atoms with van der Waals surface area (Å²) in [5.41, 5.74) is 5.91. The highest BCUT2D eigenvalue weighted by molar-refractivity contribution is 5.73. The lowest BCUT2D eigenvalue weighted by Gasteiger charge is -2.27. The van der Waals surface area contributed by atoms with Crippen molar-refractivity contribution in [3.8, 4) is 0 Å². The van der Waals surface area contributed by atoms with Crippen LogP contribution < -0.4 is 5.73 Å². The third-order valence-corrected chi connectivity index (χ3v) is 3.54. The van der Waals surface area contributed by atoms with Crippen molar-refractivity contribution in [2.75, 3.05) is 13.1 Å². The van der Waals surface area contributed by atoms with Crippen molar-refractivity contribution in [3.05, 3.63) is 0 Å². The quantitative estimate of drug-likeness (QED) is 0.596. The first-order valence-corrected chi connectivity index (χ1v) is 5.18. The molecule has 1 heterocycles. The van der Waals surface area contributed by atoms with E-state index in [9.17, 15) is 4.79 Å². The first-order chi connectivity index (χ1) is 6.16. The Morgan fingerprint density at radius 3 is 2.69 bits per heavy atom. The van der Waals surface area contributed by atoms with Crippen LogP contribution in [0.25, 0.3) is 0 Å². The van der Waals surface area contributed by atoms with Crippen LogP contribution in [0.1, 0.15) is 26.2 Å². The monoisotopic (exact) mass is 182 g/mol. The summed E-state index contributed by atoms with van der Waals surface area (Å²) in [6.45, 7) is 3.59. The van der Waals surface area contributed by atoms with Crippen molar-refractivity contribution in [2.24, 2.45) is 17.6 Å². The second-order valence-corrected chi connectivity index (χ2v) is 4.52. The number of rotatable bonds is 0. The minimum Gasteiger partial charge on any atom is -0.342 e. The second-order valence-electron chi connectivity index (χ2n) is 4.52. The molecule has 2 aliphatic rings. The van der Waals surface area contributed by atoms with Gasteiger partial charge in [-0.15, -0.1) is 0 Å². The molecule has 13 heavy (non-hydrogen) atoms. The summed E-state index contributed by atoms with van der Waals surface area (Å²) in [6, 6.07) is 0.383. The van der Waals surface area contributed by atoms with E-state index in [1.165, 1.54) is 6.42 Å². The maximum atomic E-state index is 11.2. The number of hydrogen-bond donors (Lipinski definition) is 1. The van der Waals surface area contributed by atoms with Gasteiger partial charge in [-0.2, -0.15) is 0 Å². The Hall–Kier alpha value is -0.570. The lowest BCUT2D eigenvalue weighted by molar-refractivity contribution is -0.128. The van der Waals surface area contributed by atoms with E-state index in [1.54, 1.807) is 6.92 Å². The highest BCUT2D eigenvalue weighted by Crippen LogP contribution is 2.35. The van der Waals surface area contributed by atoms with Crippen LogP contribution in [0.2, 0.25) is 0 Å². The van der Waals surface area contributed by atoms with Crippen LogP contribution in [0.5, 0.6) is 0 Å². The normalized spacial score (nSPS) is 38.9. The Morgan fingerprint density at radius 2 is 2.00 bits per heavy atom. The summed E-state index contributed by atoms with van der Waals surface area (Å²) in [6.07, 6.45) is 3.48. The first kappa shape index (κ1) is 9.00. The molecular formula is C10H18N2O. The first-order valence-electron chi connectivity index (χ1n) is 5.18. The Bertz CT molecular complexity index is 217. The molecule has 3 nitrogen and oxygen atoms in total. The van der Waals surface area contributed by atoms with Crippen molar-refractivity contribution in [1.29, 1.82) is 0 Å². The fourth-order valence-corrected chi connectivity index (χ4v) is 2.72. The van der Waals surface area contributed by atoms with Crippen LogP contribution in [0.15, 0.2) is 0 Å². The lowest BCUT2D eigenvalue weighted by Crippen LogP contribution is -2.32. The van der Waals surface area contributed by atoms with Crippen molar-refractivity contribution in [2.45, 2.75) is 32.2 Å². The molecule has 1 amide bonds. The van der Waals surface area contributed by atoms with Gasteiger partial charge in [0.15, 0.2) is 0 Å². The zero-order valence-electron chi connectivity index (χ0n) is 8.20. The van der Waals surface area contributed by atoms with E-state index in [1.807, 2.05) is 4.90 Å². The molecule has 1 saturated carbocycles. The van der Waals surface area contributed by atoms with Gasteiger partial charge in [0.2, 0.25) is 5.91 Å². The number of carbonyl (C=O) groups is 1. The summed E-state index contributed by atoms with van der Waals surface area (Å²) < 4.78 is 0. The SMILES string of the molecule is CC(=O)N1CC2CCC(N)CC2C1. The molecule has 3 unspecified atom stereocenters. The highest BCUT2D eigenvalue weighted by Gasteiger charge is 2.37. The van der Waals surface area contributed by atoms with Crippen molar-refractivity contribution >= 4 is 5.91 Å². The average molecular weight is 182 g/mol. The zero-order valence-corrected chi connectivity index (χ0v) is 8.20. The van der Waals surface area contributed by atoms with Crippen molar-refractivity contribution in [3.63, 3.8) is 0 Å². The number of carbonyl (C=O) groups excluding carboxylic acids is 1. The Kier molecular flexibility index (Phi) is 2.28. The molecule has 2 rings (SSSR count). The number of fused-ring (bicyclic) bond motifs is 1. The minimum absolute atomic E-state index is 0.225. The molecule has 0 radical (unpaired) electrons. The summed E-state index contributed by atoms with van der Waals surface area (Å²) in [7, 11) is 0. The molecule has 2 N–H and O–H groups in total. The van der Waals surface area contributed by atoms with Gasteiger partial charge in [-0.05, 0) is 31.1 Å². The molecule has 74 valence electrons. The minimum atomic E-state index is 0.225. The fourth-order valence-electron chi connectivity index (χ4n) is 2.72. The number of nitrogens with zero attached hydrogens (tertiary/aromatic N) is 1. The van der Waals surface area contributed by atoms with Gasteiger partial charge in [0.25, 0.3) is 0 Å². The van der Waals surface area contributed by atoms with Gasteiger partial charge in [0.1, 0.15) is 0 Å². The van der Waals surface area contributed by atoms with E-state index in [0.717, 1.165) is 31.8 Å². The summed E-state index contributed by atoms with van der Waals surface area (Å²) >= 11 is 0. The molecule has 0 spiro atoms. The lowest BCUT2D eigenvalue weighted by atomic mass is 9.79. The molecule has 0 bridgehead atoms. The number of likely N-dealkylation sites (tertiary alicyclic amines) is 1. The number of amides is 1. The molecule has 0 aromatic rings. The van der Waals surface area contributed by atoms with E-state index < -0.39 is 0 Å². The Morgan fingerprint density at radius 1 is 1.31 bits per heavy atom. The van der Waals surface area contributed by atoms with Gasteiger partial charge in [0.05, 0.1) is 0 Å². The molecule has 1 aliphatic carbocycles. The third-order valence-electron chi connectivity index (χ3n) is 3.54. The molecule has 1 saturated heterocycles. The Labute approximate surface area is 79.3 Å². The van der Waals surface area contributed by atoms with Crippen LogP contribution in [-0.4, -0.2) is 29.9 Å². The Balaban J connectivity index is 1.98. The summed E-state index contributed by atoms with van der Waals surface area (Å²) in [5, 5.41) is 0. The number of hydrogen-bond acceptors (Lipinski definition) is 2. The molecule has 3 atom stereocenters. The average Bonchev–Trinajstić information content (AvgIpc) is 2.46. The van der Waals surface area contributed by atoms with E-state index in [2.05, 4.69) is 0 Å². The van der Waals surface area contributed by atoms with Gasteiger partial charge in [-0.25, -0.2) is 0 Å². The zero-order chi connectivity index (χ0) is 9.42. The topological polar surface area (TPSA) is 46.3 Å². The summed E-state index contributed by atoms with van der Waals surface area (Å²) in [4.78, 5) is 13.1. The van der Waals surface area contributed by atoms with Gasteiger partial charge < -0.3 is 10.6 Å². The molecule has 3 heteroatoms. The summed E-state index contributed by atoms with van der Waals surface area (Å²) in [5.74, 6) is 1.65. The fraction of sp³-hybridized carbons (Fsp3) is 0.900. The molecule has 0 aromatic carbocycles. The van der Waals surface area contributed by atoms with Gasteiger partial charge in [0, 0.05) is 26.1 Å². The third kappa shape index (κ3) is 1.70. The van der Waals surface area contributed by atoms with Gasteiger partial charge in [-0.1, -0.05) is 0 Å². The van der Waals surface area contributed by atoms with Gasteiger partial charge in [-0.3, -0.25) is 4.79 Å². The highest BCUT2D eigenvalue weighted by atomic mass is 16.2. The van der Waals surface area contributed by atoms with E-state index >= 15 is 0 Å². The largest absolute Gasteiger partial charge is 0.342 e. The maximum Gasteiger partial charge on any atom is 0.219 e. The standard InChI is InChI=1S/C10H18N2O/c1-7(13)12-5-8-2-3-10(11)4-9(8)6-12/h8-10H,2-6,11H2,1H3. The molecule has 0 aromatic heterocycles. The van der Waals surface area contributed by atoms with Crippen molar-refractivity contribution < 1.29 is 4.79 Å².